The Morgan fingerprint density at radius 3 is 2.87 bits per heavy atom. The highest BCUT2D eigenvalue weighted by Crippen LogP contribution is 2.12. The van der Waals surface area contributed by atoms with Gasteiger partial charge in [-0.05, 0) is 18.8 Å². The van der Waals surface area contributed by atoms with Gasteiger partial charge >= 0.3 is 0 Å². The van der Waals surface area contributed by atoms with Crippen molar-refractivity contribution in [3.05, 3.63) is 0 Å². The molecule has 1 rings (SSSR count). The molecule has 0 aliphatic carbocycles. The van der Waals surface area contributed by atoms with Crippen LogP contribution in [0.5, 0.6) is 0 Å². The van der Waals surface area contributed by atoms with Gasteiger partial charge < -0.3 is 10.5 Å². The fraction of sp³-hybridized carbons (Fsp3) is 0.875. The topological polar surface area (TPSA) is 81.4 Å². The van der Waals surface area contributed by atoms with Gasteiger partial charge in [-0.2, -0.15) is 0 Å². The van der Waals surface area contributed by atoms with E-state index >= 15 is 0 Å². The van der Waals surface area contributed by atoms with E-state index in [9.17, 15) is 8.42 Å². The Morgan fingerprint density at radius 1 is 1.60 bits per heavy atom. The fourth-order valence-corrected chi connectivity index (χ4v) is 2.88. The lowest BCUT2D eigenvalue weighted by Gasteiger charge is -2.22. The molecule has 1 aliphatic rings. The molecule has 0 radical (unpaired) electrons. The molecular weight excluding hydrogens is 236 g/mol. The molecule has 0 amide bonds. The van der Waals surface area contributed by atoms with Gasteiger partial charge in [0.1, 0.15) is 5.75 Å². The largest absolute Gasteiger partial charge is 0.392 e. The van der Waals surface area contributed by atoms with Crippen molar-refractivity contribution in [2.24, 2.45) is 11.7 Å². The predicted molar refractivity (Wildman–Crippen MR) is 62.1 cm³/mol. The third kappa shape index (κ3) is 5.41. The molecule has 0 aromatic heterocycles. The first-order valence-electron chi connectivity index (χ1n) is 4.83. The zero-order chi connectivity index (χ0) is 11.3. The second kappa shape index (κ2) is 5.74. The number of hydrogen-bond donors (Lipinski definition) is 2. The van der Waals surface area contributed by atoms with Crippen LogP contribution in [0.2, 0.25) is 0 Å². The van der Waals surface area contributed by atoms with Gasteiger partial charge in [0.15, 0.2) is 0 Å². The summed E-state index contributed by atoms with van der Waals surface area (Å²) in [5.41, 5.74) is 5.17. The maximum atomic E-state index is 11.4. The molecule has 1 fully saturated rings. The molecule has 1 aliphatic heterocycles. The highest BCUT2D eigenvalue weighted by molar-refractivity contribution is 7.92. The molecule has 1 heterocycles. The van der Waals surface area contributed by atoms with Gasteiger partial charge in [0.05, 0.1) is 11.6 Å². The Balaban J connectivity index is 2.31. The molecule has 1 unspecified atom stereocenters. The van der Waals surface area contributed by atoms with E-state index in [-0.39, 0.29) is 16.7 Å². The second-order valence-electron chi connectivity index (χ2n) is 3.66. The first kappa shape index (κ1) is 12.8. The Labute approximate surface area is 95.4 Å². The Bertz CT molecular complexity index is 310. The van der Waals surface area contributed by atoms with Gasteiger partial charge in [0.25, 0.3) is 0 Å². The molecule has 3 N–H and O–H groups in total. The van der Waals surface area contributed by atoms with Crippen LogP contribution in [0.25, 0.3) is 0 Å². The fourth-order valence-electron chi connectivity index (χ4n) is 1.45. The maximum Gasteiger partial charge on any atom is 0.218 e. The molecule has 5 nitrogen and oxygen atoms in total. The first-order chi connectivity index (χ1) is 6.99. The average Bonchev–Trinajstić information content (AvgIpc) is 2.15. The van der Waals surface area contributed by atoms with Gasteiger partial charge in [-0.25, -0.2) is 13.1 Å². The van der Waals surface area contributed by atoms with Crippen LogP contribution in [0.4, 0.5) is 0 Å². The number of thiocarbonyl (C=S) groups is 1. The number of sulfonamides is 1. The van der Waals surface area contributed by atoms with Crippen molar-refractivity contribution in [2.75, 3.05) is 25.5 Å². The standard InChI is InChI=1S/C8H16N2O3S2/c9-8(14)6-15(11,12)10-4-7-2-1-3-13-5-7/h7,10H,1-6H2,(H2,9,14). The van der Waals surface area contributed by atoms with Gasteiger partial charge in [0.2, 0.25) is 10.0 Å². The minimum atomic E-state index is -3.35. The van der Waals surface area contributed by atoms with Crippen molar-refractivity contribution in [1.82, 2.24) is 4.72 Å². The summed E-state index contributed by atoms with van der Waals surface area (Å²) in [4.78, 5) is -0.0117. The number of ether oxygens (including phenoxy) is 1. The molecule has 1 saturated heterocycles. The molecule has 7 heteroatoms. The van der Waals surface area contributed by atoms with Gasteiger partial charge in [-0.15, -0.1) is 0 Å². The molecule has 0 saturated carbocycles. The van der Waals surface area contributed by atoms with E-state index < -0.39 is 10.0 Å². The quantitative estimate of drug-likeness (QED) is 0.652. The summed E-state index contributed by atoms with van der Waals surface area (Å²) in [5, 5.41) is 0. The third-order valence-corrected chi connectivity index (χ3v) is 3.80. The second-order valence-corrected chi connectivity index (χ2v) is 5.99. The summed E-state index contributed by atoms with van der Waals surface area (Å²) in [6.07, 6.45) is 1.98. The minimum Gasteiger partial charge on any atom is -0.392 e. The number of nitrogens with two attached hydrogens (primary N) is 1. The summed E-state index contributed by atoms with van der Waals surface area (Å²) in [6.45, 7) is 1.80. The lowest BCUT2D eigenvalue weighted by molar-refractivity contribution is 0.0568. The van der Waals surface area contributed by atoms with Crippen molar-refractivity contribution in [3.8, 4) is 0 Å². The van der Waals surface area contributed by atoms with E-state index in [1.807, 2.05) is 0 Å². The number of rotatable bonds is 5. The van der Waals surface area contributed by atoms with E-state index in [4.69, 9.17) is 10.5 Å². The molecule has 0 aromatic carbocycles. The van der Waals surface area contributed by atoms with E-state index in [1.165, 1.54) is 0 Å². The van der Waals surface area contributed by atoms with Crippen molar-refractivity contribution in [2.45, 2.75) is 12.8 Å². The van der Waals surface area contributed by atoms with Crippen molar-refractivity contribution in [3.63, 3.8) is 0 Å². The predicted octanol–water partition coefficient (Wildman–Crippen LogP) is -0.381. The maximum absolute atomic E-state index is 11.4. The van der Waals surface area contributed by atoms with E-state index in [0.29, 0.717) is 13.2 Å². The van der Waals surface area contributed by atoms with Gasteiger partial charge in [0, 0.05) is 13.2 Å². The molecule has 15 heavy (non-hydrogen) atoms. The Hall–Kier alpha value is -0.240. The summed E-state index contributed by atoms with van der Waals surface area (Å²) < 4.78 is 30.5. The summed E-state index contributed by atoms with van der Waals surface area (Å²) in [7, 11) is -3.35. The van der Waals surface area contributed by atoms with Crippen LogP contribution in [0.15, 0.2) is 0 Å². The molecule has 0 aromatic rings. The SMILES string of the molecule is NC(=S)CS(=O)(=O)NCC1CCCOC1. The van der Waals surface area contributed by atoms with Crippen LogP contribution >= 0.6 is 12.2 Å². The molecule has 88 valence electrons. The molecule has 1 atom stereocenters. The molecule has 0 bridgehead atoms. The smallest absolute Gasteiger partial charge is 0.218 e. The van der Waals surface area contributed by atoms with Crippen LogP contribution in [0, 0.1) is 5.92 Å². The van der Waals surface area contributed by atoms with E-state index in [0.717, 1.165) is 19.4 Å². The minimum absolute atomic E-state index is 0.0117. The van der Waals surface area contributed by atoms with Crippen LogP contribution < -0.4 is 10.5 Å². The zero-order valence-electron chi connectivity index (χ0n) is 8.44. The van der Waals surface area contributed by atoms with Crippen LogP contribution in [0.1, 0.15) is 12.8 Å². The monoisotopic (exact) mass is 252 g/mol. The van der Waals surface area contributed by atoms with E-state index in [2.05, 4.69) is 16.9 Å². The van der Waals surface area contributed by atoms with Gasteiger partial charge in [-0.1, -0.05) is 12.2 Å². The zero-order valence-corrected chi connectivity index (χ0v) is 10.1. The first-order valence-corrected chi connectivity index (χ1v) is 6.89. The number of hydrogen-bond acceptors (Lipinski definition) is 4. The van der Waals surface area contributed by atoms with Crippen LogP contribution in [-0.2, 0) is 14.8 Å². The van der Waals surface area contributed by atoms with Crippen LogP contribution in [0.3, 0.4) is 0 Å². The average molecular weight is 252 g/mol. The lowest BCUT2D eigenvalue weighted by atomic mass is 10.0. The third-order valence-electron chi connectivity index (χ3n) is 2.18. The Morgan fingerprint density at radius 2 is 2.33 bits per heavy atom. The summed E-state index contributed by atoms with van der Waals surface area (Å²) in [6, 6.07) is 0. The van der Waals surface area contributed by atoms with Crippen molar-refractivity contribution < 1.29 is 13.2 Å². The summed E-state index contributed by atoms with van der Waals surface area (Å²) in [5.74, 6) is -0.0181. The molecular formula is C8H16N2O3S2. The highest BCUT2D eigenvalue weighted by atomic mass is 32.2. The van der Waals surface area contributed by atoms with Crippen LogP contribution in [-0.4, -0.2) is 38.9 Å². The summed E-state index contributed by atoms with van der Waals surface area (Å²) >= 11 is 4.55. The lowest BCUT2D eigenvalue weighted by Crippen LogP contribution is -2.37. The van der Waals surface area contributed by atoms with Crippen molar-refractivity contribution >= 4 is 27.2 Å². The highest BCUT2D eigenvalue weighted by Gasteiger charge is 2.17. The van der Waals surface area contributed by atoms with Crippen molar-refractivity contribution in [1.29, 1.82) is 0 Å². The van der Waals surface area contributed by atoms with E-state index in [1.54, 1.807) is 0 Å². The normalized spacial score (nSPS) is 22.5. The molecule has 0 spiro atoms. The number of nitrogens with one attached hydrogen (secondary N) is 1. The Kier molecular flexibility index (Phi) is 4.91. The van der Waals surface area contributed by atoms with Gasteiger partial charge in [-0.3, -0.25) is 0 Å².